The minimum atomic E-state index is -3.69. The summed E-state index contributed by atoms with van der Waals surface area (Å²) in [6.45, 7) is 3.68. The number of carbonyl (C=O) groups is 1. The highest BCUT2D eigenvalue weighted by Gasteiger charge is 2.31. The van der Waals surface area contributed by atoms with Crippen LogP contribution in [-0.2, 0) is 21.9 Å². The SMILES string of the molecule is CC[C@H](C(=O)Nc1ccc2c(c1)sc(=O)n2C)N(c1ccc(C)cc1)S(C)(=O)=O. The van der Waals surface area contributed by atoms with Gasteiger partial charge in [0.25, 0.3) is 0 Å². The standard InChI is InChI=1S/C20H23N3O4S2/c1-5-16(23(29(4,26)27)15-9-6-13(2)7-10-15)19(24)21-14-8-11-17-18(12-14)28-20(25)22(17)3/h6-12,16H,5H2,1-4H3,(H,21,24)/t16-/m1/s1. The summed E-state index contributed by atoms with van der Waals surface area (Å²) in [5.74, 6) is -0.430. The first-order valence-electron chi connectivity index (χ1n) is 9.08. The van der Waals surface area contributed by atoms with Gasteiger partial charge in [0.1, 0.15) is 6.04 Å². The van der Waals surface area contributed by atoms with E-state index in [2.05, 4.69) is 5.32 Å². The van der Waals surface area contributed by atoms with Crippen LogP contribution in [-0.4, -0.2) is 31.2 Å². The Morgan fingerprint density at radius 3 is 2.45 bits per heavy atom. The lowest BCUT2D eigenvalue weighted by atomic mass is 10.1. The topological polar surface area (TPSA) is 88.5 Å². The van der Waals surface area contributed by atoms with Gasteiger partial charge in [0.05, 0.1) is 22.2 Å². The highest BCUT2D eigenvalue weighted by molar-refractivity contribution is 7.92. The summed E-state index contributed by atoms with van der Waals surface area (Å²) in [7, 11) is -1.99. The van der Waals surface area contributed by atoms with Crippen molar-refractivity contribution in [2.45, 2.75) is 26.3 Å². The number of anilines is 2. The fourth-order valence-electron chi connectivity index (χ4n) is 3.19. The van der Waals surface area contributed by atoms with Crippen LogP contribution < -0.4 is 14.5 Å². The zero-order valence-electron chi connectivity index (χ0n) is 16.7. The molecule has 154 valence electrons. The molecule has 0 aliphatic rings. The smallest absolute Gasteiger partial charge is 0.307 e. The third-order valence-corrected chi connectivity index (χ3v) is 6.85. The molecule has 1 atom stereocenters. The van der Waals surface area contributed by atoms with E-state index in [9.17, 15) is 18.0 Å². The number of aromatic nitrogens is 1. The molecular weight excluding hydrogens is 410 g/mol. The van der Waals surface area contributed by atoms with E-state index in [1.807, 2.05) is 19.1 Å². The van der Waals surface area contributed by atoms with E-state index in [1.54, 1.807) is 48.9 Å². The van der Waals surface area contributed by atoms with Crippen molar-refractivity contribution in [3.63, 3.8) is 0 Å². The molecule has 1 aromatic heterocycles. The minimum absolute atomic E-state index is 0.0856. The van der Waals surface area contributed by atoms with Crippen LogP contribution >= 0.6 is 11.3 Å². The summed E-state index contributed by atoms with van der Waals surface area (Å²) in [5, 5.41) is 2.80. The molecule has 9 heteroatoms. The Labute approximate surface area is 173 Å². The number of fused-ring (bicyclic) bond motifs is 1. The lowest BCUT2D eigenvalue weighted by Crippen LogP contribution is -2.47. The minimum Gasteiger partial charge on any atom is -0.324 e. The van der Waals surface area contributed by atoms with Crippen LogP contribution in [0.2, 0.25) is 0 Å². The summed E-state index contributed by atoms with van der Waals surface area (Å²) < 4.78 is 28.4. The lowest BCUT2D eigenvalue weighted by molar-refractivity contribution is -0.117. The predicted molar refractivity (Wildman–Crippen MR) is 118 cm³/mol. The third-order valence-electron chi connectivity index (χ3n) is 4.68. The number of hydrogen-bond donors (Lipinski definition) is 1. The van der Waals surface area contributed by atoms with Crippen LogP contribution in [0.5, 0.6) is 0 Å². The summed E-state index contributed by atoms with van der Waals surface area (Å²) in [6, 6.07) is 11.3. The molecule has 0 saturated heterocycles. The molecule has 7 nitrogen and oxygen atoms in total. The first-order chi connectivity index (χ1) is 13.6. The highest BCUT2D eigenvalue weighted by Crippen LogP contribution is 2.25. The number of carbonyl (C=O) groups excluding carboxylic acids is 1. The van der Waals surface area contributed by atoms with Gasteiger partial charge in [0.15, 0.2) is 0 Å². The van der Waals surface area contributed by atoms with Gasteiger partial charge >= 0.3 is 4.87 Å². The molecule has 3 rings (SSSR count). The second-order valence-corrected chi connectivity index (χ2v) is 9.77. The van der Waals surface area contributed by atoms with E-state index >= 15 is 0 Å². The maximum absolute atomic E-state index is 13.0. The van der Waals surface area contributed by atoms with Crippen LogP contribution in [0.15, 0.2) is 47.3 Å². The number of aryl methyl sites for hydroxylation is 2. The van der Waals surface area contributed by atoms with E-state index in [-0.39, 0.29) is 4.87 Å². The Morgan fingerprint density at radius 2 is 1.86 bits per heavy atom. The van der Waals surface area contributed by atoms with Gasteiger partial charge in [-0.2, -0.15) is 0 Å². The lowest BCUT2D eigenvalue weighted by Gasteiger charge is -2.30. The molecule has 0 spiro atoms. The number of rotatable bonds is 6. The van der Waals surface area contributed by atoms with Crippen molar-refractivity contribution < 1.29 is 13.2 Å². The van der Waals surface area contributed by atoms with Gasteiger partial charge in [0, 0.05) is 12.7 Å². The Hall–Kier alpha value is -2.65. The van der Waals surface area contributed by atoms with Crippen LogP contribution in [0, 0.1) is 6.92 Å². The van der Waals surface area contributed by atoms with E-state index in [0.717, 1.165) is 37.7 Å². The molecule has 0 saturated carbocycles. The molecule has 0 fully saturated rings. The molecule has 0 radical (unpaired) electrons. The van der Waals surface area contributed by atoms with Gasteiger partial charge in [-0.05, 0) is 43.7 Å². The molecule has 29 heavy (non-hydrogen) atoms. The van der Waals surface area contributed by atoms with E-state index in [4.69, 9.17) is 0 Å². The van der Waals surface area contributed by atoms with E-state index < -0.39 is 22.0 Å². The maximum Gasteiger partial charge on any atom is 0.307 e. The zero-order chi connectivity index (χ0) is 21.3. The first kappa shape index (κ1) is 21.1. The van der Waals surface area contributed by atoms with Crippen molar-refractivity contribution in [3.8, 4) is 0 Å². The van der Waals surface area contributed by atoms with Crippen LogP contribution in [0.1, 0.15) is 18.9 Å². The van der Waals surface area contributed by atoms with Crippen LogP contribution in [0.25, 0.3) is 10.2 Å². The van der Waals surface area contributed by atoms with E-state index in [1.165, 1.54) is 0 Å². The van der Waals surface area contributed by atoms with Gasteiger partial charge < -0.3 is 9.88 Å². The summed E-state index contributed by atoms with van der Waals surface area (Å²) in [5.41, 5.74) is 2.73. The van der Waals surface area contributed by atoms with Crippen LogP contribution in [0.3, 0.4) is 0 Å². The molecule has 0 unspecified atom stereocenters. The van der Waals surface area contributed by atoms with Crippen molar-refractivity contribution in [2.24, 2.45) is 7.05 Å². The highest BCUT2D eigenvalue weighted by atomic mass is 32.2. The van der Waals surface area contributed by atoms with Gasteiger partial charge in [-0.3, -0.25) is 13.9 Å². The Kier molecular flexibility index (Phi) is 5.81. The maximum atomic E-state index is 13.0. The Morgan fingerprint density at radius 1 is 1.21 bits per heavy atom. The monoisotopic (exact) mass is 433 g/mol. The molecule has 1 heterocycles. The van der Waals surface area contributed by atoms with Gasteiger partial charge in [-0.15, -0.1) is 0 Å². The van der Waals surface area contributed by atoms with Crippen molar-refractivity contribution >= 4 is 48.9 Å². The molecule has 1 N–H and O–H groups in total. The number of nitrogens with one attached hydrogen (secondary N) is 1. The fraction of sp³-hybridized carbons (Fsp3) is 0.300. The van der Waals surface area contributed by atoms with Crippen molar-refractivity contribution in [1.82, 2.24) is 4.57 Å². The van der Waals surface area contributed by atoms with Crippen molar-refractivity contribution in [3.05, 3.63) is 57.7 Å². The van der Waals surface area contributed by atoms with Crippen molar-refractivity contribution in [1.29, 1.82) is 0 Å². The number of amides is 1. The van der Waals surface area contributed by atoms with Crippen molar-refractivity contribution in [2.75, 3.05) is 15.9 Å². The van der Waals surface area contributed by atoms with Gasteiger partial charge in [0.2, 0.25) is 15.9 Å². The summed E-state index contributed by atoms with van der Waals surface area (Å²) in [6.07, 6.45) is 1.39. The average molecular weight is 434 g/mol. The number of thiazole rings is 1. The molecule has 0 bridgehead atoms. The molecule has 2 aromatic carbocycles. The molecular formula is C20H23N3O4S2. The van der Waals surface area contributed by atoms with Gasteiger partial charge in [-0.1, -0.05) is 36.0 Å². The number of nitrogens with zero attached hydrogens (tertiary/aromatic N) is 2. The fourth-order valence-corrected chi connectivity index (χ4v) is 5.32. The third kappa shape index (κ3) is 4.35. The number of benzene rings is 2. The zero-order valence-corrected chi connectivity index (χ0v) is 18.3. The number of sulfonamides is 1. The molecule has 1 amide bonds. The largest absolute Gasteiger partial charge is 0.324 e. The quantitative estimate of drug-likeness (QED) is 0.647. The Bertz CT molecular complexity index is 1210. The normalized spacial score (nSPS) is 12.7. The Balaban J connectivity index is 1.93. The second-order valence-electron chi connectivity index (χ2n) is 6.92. The molecule has 0 aliphatic carbocycles. The summed E-state index contributed by atoms with van der Waals surface area (Å²) >= 11 is 1.09. The predicted octanol–water partition coefficient (Wildman–Crippen LogP) is 3.09. The molecule has 3 aromatic rings. The second kappa shape index (κ2) is 8.00. The molecule has 0 aliphatic heterocycles. The first-order valence-corrected chi connectivity index (χ1v) is 11.7. The van der Waals surface area contributed by atoms with Crippen LogP contribution in [0.4, 0.5) is 11.4 Å². The number of hydrogen-bond acceptors (Lipinski definition) is 5. The average Bonchev–Trinajstić information content (AvgIpc) is 2.93. The van der Waals surface area contributed by atoms with E-state index in [0.29, 0.717) is 17.8 Å². The summed E-state index contributed by atoms with van der Waals surface area (Å²) in [4.78, 5) is 24.7. The van der Waals surface area contributed by atoms with Gasteiger partial charge in [-0.25, -0.2) is 8.42 Å².